The quantitative estimate of drug-likeness (QED) is 0.590. The minimum atomic E-state index is -1.70. The Labute approximate surface area is 207 Å². The van der Waals surface area contributed by atoms with E-state index in [9.17, 15) is 14.4 Å². The van der Waals surface area contributed by atoms with Crippen LogP contribution >= 0.6 is 11.6 Å². The first-order valence-corrected chi connectivity index (χ1v) is 11.7. The van der Waals surface area contributed by atoms with Gasteiger partial charge in [-0.15, -0.1) is 0 Å². The number of amides is 1. The van der Waals surface area contributed by atoms with Crippen LogP contribution in [0.25, 0.3) is 0 Å². The number of hydrogen-bond acceptors (Lipinski definition) is 8. The maximum Gasteiger partial charge on any atom is 0.289 e. The summed E-state index contributed by atoms with van der Waals surface area (Å²) >= 11 is 6.44. The number of ether oxygens (including phenoxy) is 3. The van der Waals surface area contributed by atoms with Crippen molar-refractivity contribution in [1.29, 1.82) is 0 Å². The van der Waals surface area contributed by atoms with E-state index in [-0.39, 0.29) is 28.0 Å². The van der Waals surface area contributed by atoms with Crippen LogP contribution in [0.15, 0.2) is 40.7 Å². The highest BCUT2D eigenvalue weighted by Gasteiger charge is 2.60. The number of Topliss-reactive ketones (excluding diaryl/α,β-unsaturated/α-hetero) is 1. The van der Waals surface area contributed by atoms with Gasteiger partial charge in [-0.1, -0.05) is 18.5 Å². The van der Waals surface area contributed by atoms with Gasteiger partial charge in [0, 0.05) is 49.9 Å². The minimum absolute atomic E-state index is 0.106. The fourth-order valence-corrected chi connectivity index (χ4v) is 5.34. The number of methoxy groups -OCH3 is 2. The van der Waals surface area contributed by atoms with Gasteiger partial charge in [0.1, 0.15) is 22.1 Å². The van der Waals surface area contributed by atoms with Gasteiger partial charge in [-0.05, 0) is 18.6 Å². The van der Waals surface area contributed by atoms with Crippen LogP contribution in [0.1, 0.15) is 34.3 Å². The molecular weight excluding hydrogens is 476 g/mol. The van der Waals surface area contributed by atoms with E-state index in [4.69, 9.17) is 30.2 Å². The molecule has 1 spiro atoms. The number of hydrogen-bond donors (Lipinski definition) is 0. The third kappa shape index (κ3) is 3.48. The van der Waals surface area contributed by atoms with Gasteiger partial charge < -0.3 is 28.4 Å². The summed E-state index contributed by atoms with van der Waals surface area (Å²) in [4.78, 5) is 43.5. The smallest absolute Gasteiger partial charge is 0.289 e. The molecule has 3 aliphatic rings. The van der Waals surface area contributed by atoms with Gasteiger partial charge in [-0.2, -0.15) is 0 Å². The van der Waals surface area contributed by atoms with Crippen LogP contribution in [-0.2, 0) is 4.79 Å². The number of nitrogens with zero attached hydrogens (tertiary/aromatic N) is 2. The summed E-state index contributed by atoms with van der Waals surface area (Å²) in [5.41, 5.74) is -0.728. The molecule has 1 aromatic heterocycles. The van der Waals surface area contributed by atoms with Gasteiger partial charge in [-0.3, -0.25) is 14.4 Å². The summed E-state index contributed by atoms with van der Waals surface area (Å²) in [6.45, 7) is 3.95. The summed E-state index contributed by atoms with van der Waals surface area (Å²) in [5, 5.41) is 0.126. The first-order chi connectivity index (χ1) is 16.8. The van der Waals surface area contributed by atoms with Gasteiger partial charge in [-0.25, -0.2) is 0 Å². The number of allylic oxidation sites excluding steroid dienone is 1. The van der Waals surface area contributed by atoms with E-state index in [2.05, 4.69) is 4.90 Å². The van der Waals surface area contributed by atoms with E-state index < -0.39 is 23.1 Å². The largest absolute Gasteiger partial charge is 0.496 e. The number of furan rings is 1. The lowest BCUT2D eigenvalue weighted by atomic mass is 9.74. The first-order valence-electron chi connectivity index (χ1n) is 11.3. The molecule has 9 nitrogen and oxygen atoms in total. The molecule has 0 bridgehead atoms. The van der Waals surface area contributed by atoms with Gasteiger partial charge in [0.2, 0.25) is 17.2 Å². The Morgan fingerprint density at radius 2 is 1.86 bits per heavy atom. The molecule has 3 heterocycles. The van der Waals surface area contributed by atoms with Crippen molar-refractivity contribution in [1.82, 2.24) is 9.80 Å². The molecule has 35 heavy (non-hydrogen) atoms. The van der Waals surface area contributed by atoms with Crippen molar-refractivity contribution >= 4 is 29.1 Å². The molecule has 2 atom stereocenters. The molecule has 0 radical (unpaired) electrons. The maximum atomic E-state index is 13.6. The number of ketones is 2. The van der Waals surface area contributed by atoms with Crippen LogP contribution in [0.3, 0.4) is 0 Å². The molecule has 1 aromatic carbocycles. The second kappa shape index (κ2) is 8.64. The number of benzene rings is 1. The standard InChI is InChI=1S/C25H25ClN2O7/c1-14-11-15(27-6-8-28(9-7-27)24(31)16-5-4-10-34-16)12-19(29)25(14)23(30)20-17(32-2)13-18(33-3)21(26)22(20)35-25/h4-5,10,12-14H,6-9,11H2,1-3H3/t14-,25+/m1/s1. The minimum Gasteiger partial charge on any atom is -0.496 e. The number of carbonyl (C=O) groups excluding carboxylic acids is 3. The van der Waals surface area contributed by atoms with Crippen LogP contribution in [0, 0.1) is 5.92 Å². The SMILES string of the molecule is COc1cc(OC)c2c(c1Cl)O[C@@]1(C(=O)C=C(N3CCN(C(=O)c4ccco4)CC3)C[C@H]1C)C2=O. The fraction of sp³-hybridized carbons (Fsp3) is 0.400. The molecule has 0 unspecified atom stereocenters. The van der Waals surface area contributed by atoms with Crippen molar-refractivity contribution in [3.63, 3.8) is 0 Å². The molecule has 2 aliphatic heterocycles. The Hall–Kier alpha value is -3.46. The highest BCUT2D eigenvalue weighted by Crippen LogP contribution is 2.53. The van der Waals surface area contributed by atoms with Crippen molar-refractivity contribution in [3.05, 3.63) is 52.6 Å². The van der Waals surface area contributed by atoms with E-state index >= 15 is 0 Å². The van der Waals surface area contributed by atoms with Gasteiger partial charge in [0.25, 0.3) is 5.91 Å². The summed E-state index contributed by atoms with van der Waals surface area (Å²) < 4.78 is 22.0. The van der Waals surface area contributed by atoms with Crippen LogP contribution in [0.4, 0.5) is 0 Å². The number of halogens is 1. The Balaban J connectivity index is 1.38. The summed E-state index contributed by atoms with van der Waals surface area (Å²) in [6, 6.07) is 4.85. The maximum absolute atomic E-state index is 13.6. The summed E-state index contributed by atoms with van der Waals surface area (Å²) in [6.07, 6.45) is 3.42. The van der Waals surface area contributed by atoms with E-state index in [0.717, 1.165) is 5.70 Å². The van der Waals surface area contributed by atoms with Crippen molar-refractivity contribution < 1.29 is 33.0 Å². The third-order valence-electron chi connectivity index (χ3n) is 7.00. The van der Waals surface area contributed by atoms with Crippen molar-refractivity contribution in [2.24, 2.45) is 5.92 Å². The summed E-state index contributed by atoms with van der Waals surface area (Å²) in [5.74, 6) is -0.548. The zero-order valence-electron chi connectivity index (χ0n) is 19.6. The zero-order valence-corrected chi connectivity index (χ0v) is 20.4. The molecule has 1 fully saturated rings. The Bertz CT molecular complexity index is 1230. The molecule has 2 aromatic rings. The second-order valence-electron chi connectivity index (χ2n) is 8.83. The average Bonchev–Trinajstić information content (AvgIpc) is 3.51. The first kappa shape index (κ1) is 23.3. The number of carbonyl (C=O) groups is 3. The van der Waals surface area contributed by atoms with E-state index in [1.807, 2.05) is 6.92 Å². The third-order valence-corrected chi connectivity index (χ3v) is 7.35. The van der Waals surface area contributed by atoms with Crippen molar-refractivity contribution in [2.75, 3.05) is 40.4 Å². The lowest BCUT2D eigenvalue weighted by molar-refractivity contribution is -0.129. The number of fused-ring (bicyclic) bond motifs is 1. The van der Waals surface area contributed by atoms with Gasteiger partial charge >= 0.3 is 0 Å². The lowest BCUT2D eigenvalue weighted by Crippen LogP contribution is -2.56. The predicted molar refractivity (Wildman–Crippen MR) is 125 cm³/mol. The van der Waals surface area contributed by atoms with E-state index in [1.165, 1.54) is 32.6 Å². The Morgan fingerprint density at radius 1 is 1.14 bits per heavy atom. The Morgan fingerprint density at radius 3 is 2.46 bits per heavy atom. The normalized spacial score (nSPS) is 23.8. The number of rotatable bonds is 4. The molecule has 1 aliphatic carbocycles. The predicted octanol–water partition coefficient (Wildman–Crippen LogP) is 3.21. The number of piperazine rings is 1. The molecule has 184 valence electrons. The van der Waals surface area contributed by atoms with Crippen LogP contribution < -0.4 is 14.2 Å². The monoisotopic (exact) mass is 500 g/mol. The zero-order chi connectivity index (χ0) is 24.9. The molecular formula is C25H25ClN2O7. The van der Waals surface area contributed by atoms with Gasteiger partial charge in [0.15, 0.2) is 11.5 Å². The highest BCUT2D eigenvalue weighted by atomic mass is 35.5. The van der Waals surface area contributed by atoms with Crippen LogP contribution in [-0.4, -0.2) is 73.3 Å². The summed E-state index contributed by atoms with van der Waals surface area (Å²) in [7, 11) is 2.88. The molecule has 5 rings (SSSR count). The van der Waals surface area contributed by atoms with E-state index in [1.54, 1.807) is 17.0 Å². The molecule has 0 N–H and O–H groups in total. The average molecular weight is 501 g/mol. The van der Waals surface area contributed by atoms with Gasteiger partial charge in [0.05, 0.1) is 20.5 Å². The fourth-order valence-electron chi connectivity index (χ4n) is 5.08. The highest BCUT2D eigenvalue weighted by molar-refractivity contribution is 6.36. The molecule has 1 saturated heterocycles. The molecule has 0 saturated carbocycles. The van der Waals surface area contributed by atoms with Crippen LogP contribution in [0.5, 0.6) is 17.2 Å². The van der Waals surface area contributed by atoms with Crippen molar-refractivity contribution in [2.45, 2.75) is 18.9 Å². The Kier molecular flexibility index (Phi) is 5.75. The van der Waals surface area contributed by atoms with Crippen molar-refractivity contribution in [3.8, 4) is 17.2 Å². The second-order valence-corrected chi connectivity index (χ2v) is 9.21. The molecule has 10 heteroatoms. The van der Waals surface area contributed by atoms with Crippen LogP contribution in [0.2, 0.25) is 5.02 Å². The van der Waals surface area contributed by atoms with E-state index in [0.29, 0.717) is 44.1 Å². The molecule has 1 amide bonds. The topological polar surface area (TPSA) is 98.5 Å². The lowest BCUT2D eigenvalue weighted by Gasteiger charge is -2.41.